The van der Waals surface area contributed by atoms with Gasteiger partial charge < -0.3 is 15.1 Å². The molecule has 0 aliphatic carbocycles. The first kappa shape index (κ1) is 8.84. The lowest BCUT2D eigenvalue weighted by Crippen LogP contribution is -2.29. The molecule has 4 heteroatoms. The van der Waals surface area contributed by atoms with E-state index < -0.39 is 6.10 Å². The van der Waals surface area contributed by atoms with Crippen molar-refractivity contribution in [3.05, 3.63) is 0 Å². The predicted molar refractivity (Wildman–Crippen MR) is 32.7 cm³/mol. The van der Waals surface area contributed by atoms with Gasteiger partial charge in [-0.2, -0.15) is 5.48 Å². The van der Waals surface area contributed by atoms with Gasteiger partial charge in [0.15, 0.2) is 0 Å². The molecular weight excluding hydrogens is 122 g/mol. The van der Waals surface area contributed by atoms with Crippen molar-refractivity contribution in [1.82, 2.24) is 5.48 Å². The third-order valence-electron chi connectivity index (χ3n) is 0.776. The second-order valence-corrected chi connectivity index (χ2v) is 1.62. The zero-order valence-electron chi connectivity index (χ0n) is 5.50. The molecular formula is C5H13NO3. The van der Waals surface area contributed by atoms with Crippen LogP contribution in [0.1, 0.15) is 6.92 Å². The predicted octanol–water partition coefficient (Wildman–Crippen LogP) is -1.12. The summed E-state index contributed by atoms with van der Waals surface area (Å²) in [6.07, 6.45) is -0.725. The van der Waals surface area contributed by atoms with Gasteiger partial charge in [0, 0.05) is 6.54 Å². The maximum absolute atomic E-state index is 8.69. The van der Waals surface area contributed by atoms with E-state index in [1.165, 1.54) is 0 Å². The van der Waals surface area contributed by atoms with E-state index in [1.807, 2.05) is 6.92 Å². The van der Waals surface area contributed by atoms with Crippen molar-refractivity contribution in [2.45, 2.75) is 13.0 Å². The van der Waals surface area contributed by atoms with Crippen LogP contribution in [0.4, 0.5) is 0 Å². The van der Waals surface area contributed by atoms with Crippen molar-refractivity contribution in [2.24, 2.45) is 0 Å². The lowest BCUT2D eigenvalue weighted by molar-refractivity contribution is 0.00618. The quantitative estimate of drug-likeness (QED) is 0.330. The Morgan fingerprint density at radius 1 is 1.67 bits per heavy atom. The fraction of sp³-hybridized carbons (Fsp3) is 1.00. The number of hydrogen-bond acceptors (Lipinski definition) is 4. The Balaban J connectivity index is 2.88. The monoisotopic (exact) mass is 135 g/mol. The van der Waals surface area contributed by atoms with Crippen LogP contribution in [0.25, 0.3) is 0 Å². The Hall–Kier alpha value is -0.160. The second-order valence-electron chi connectivity index (χ2n) is 1.62. The second kappa shape index (κ2) is 5.97. The SMILES string of the molecule is CCONC[C@H](O)CO. The van der Waals surface area contributed by atoms with Crippen LogP contribution in [0.3, 0.4) is 0 Å². The largest absolute Gasteiger partial charge is 0.394 e. The van der Waals surface area contributed by atoms with Crippen LogP contribution < -0.4 is 5.48 Å². The van der Waals surface area contributed by atoms with Gasteiger partial charge in [-0.25, -0.2) is 0 Å². The number of hydrogen-bond donors (Lipinski definition) is 3. The summed E-state index contributed by atoms with van der Waals surface area (Å²) in [6.45, 7) is 2.42. The molecule has 0 unspecified atom stereocenters. The summed E-state index contributed by atoms with van der Waals surface area (Å²) >= 11 is 0. The normalized spacial score (nSPS) is 13.7. The molecule has 0 aliphatic rings. The third kappa shape index (κ3) is 5.72. The van der Waals surface area contributed by atoms with Crippen LogP contribution >= 0.6 is 0 Å². The summed E-state index contributed by atoms with van der Waals surface area (Å²) < 4.78 is 0. The lowest BCUT2D eigenvalue weighted by Gasteiger charge is -2.06. The number of hydroxylamine groups is 1. The van der Waals surface area contributed by atoms with E-state index in [-0.39, 0.29) is 13.2 Å². The number of aliphatic hydroxyl groups excluding tert-OH is 2. The van der Waals surface area contributed by atoms with E-state index in [1.54, 1.807) is 0 Å². The summed E-state index contributed by atoms with van der Waals surface area (Å²) in [4.78, 5) is 4.68. The smallest absolute Gasteiger partial charge is 0.0918 e. The van der Waals surface area contributed by atoms with E-state index in [0.717, 1.165) is 0 Å². The van der Waals surface area contributed by atoms with Crippen molar-refractivity contribution in [2.75, 3.05) is 19.8 Å². The molecule has 0 fully saturated rings. The van der Waals surface area contributed by atoms with Crippen LogP contribution in [-0.2, 0) is 4.84 Å². The van der Waals surface area contributed by atoms with Crippen LogP contribution in [0, 0.1) is 0 Å². The van der Waals surface area contributed by atoms with Gasteiger partial charge in [-0.05, 0) is 6.92 Å². The van der Waals surface area contributed by atoms with Gasteiger partial charge in [-0.3, -0.25) is 0 Å². The number of rotatable bonds is 5. The molecule has 0 aromatic heterocycles. The summed E-state index contributed by atoms with van der Waals surface area (Å²) in [7, 11) is 0. The van der Waals surface area contributed by atoms with E-state index in [4.69, 9.17) is 10.2 Å². The molecule has 1 atom stereocenters. The molecule has 0 rings (SSSR count). The van der Waals surface area contributed by atoms with Gasteiger partial charge in [0.2, 0.25) is 0 Å². The molecule has 0 heterocycles. The van der Waals surface area contributed by atoms with Gasteiger partial charge in [0.05, 0.1) is 19.3 Å². The highest BCUT2D eigenvalue weighted by Crippen LogP contribution is 1.75. The zero-order valence-corrected chi connectivity index (χ0v) is 5.50. The Labute approximate surface area is 54.4 Å². The van der Waals surface area contributed by atoms with Gasteiger partial charge >= 0.3 is 0 Å². The molecule has 0 spiro atoms. The van der Waals surface area contributed by atoms with Gasteiger partial charge in [0.1, 0.15) is 0 Å². The van der Waals surface area contributed by atoms with Gasteiger partial charge in [-0.1, -0.05) is 0 Å². The summed E-state index contributed by atoms with van der Waals surface area (Å²) in [6, 6.07) is 0. The van der Waals surface area contributed by atoms with E-state index >= 15 is 0 Å². The Morgan fingerprint density at radius 2 is 2.33 bits per heavy atom. The Bertz CT molecular complexity index is 60.2. The maximum Gasteiger partial charge on any atom is 0.0918 e. The molecule has 0 bridgehead atoms. The van der Waals surface area contributed by atoms with Crippen molar-refractivity contribution < 1.29 is 15.1 Å². The molecule has 0 saturated heterocycles. The van der Waals surface area contributed by atoms with Crippen LogP contribution in [0.5, 0.6) is 0 Å². The molecule has 0 aromatic rings. The van der Waals surface area contributed by atoms with E-state index in [2.05, 4.69) is 10.3 Å². The molecule has 0 radical (unpaired) electrons. The molecule has 56 valence electrons. The molecule has 4 nitrogen and oxygen atoms in total. The topological polar surface area (TPSA) is 61.7 Å². The highest BCUT2D eigenvalue weighted by Gasteiger charge is 1.98. The summed E-state index contributed by atoms with van der Waals surface area (Å²) in [5.41, 5.74) is 2.48. The average molecular weight is 135 g/mol. The van der Waals surface area contributed by atoms with E-state index in [9.17, 15) is 0 Å². The molecule has 9 heavy (non-hydrogen) atoms. The minimum absolute atomic E-state index is 0.236. The van der Waals surface area contributed by atoms with Crippen molar-refractivity contribution >= 4 is 0 Å². The van der Waals surface area contributed by atoms with E-state index in [0.29, 0.717) is 6.61 Å². The third-order valence-corrected chi connectivity index (χ3v) is 0.776. The molecule has 3 N–H and O–H groups in total. The Morgan fingerprint density at radius 3 is 2.78 bits per heavy atom. The summed E-state index contributed by atoms with van der Waals surface area (Å²) in [5, 5.41) is 17.0. The number of nitrogens with one attached hydrogen (secondary N) is 1. The van der Waals surface area contributed by atoms with Crippen LogP contribution in [-0.4, -0.2) is 36.1 Å². The zero-order chi connectivity index (χ0) is 7.11. The molecule has 0 aliphatic heterocycles. The van der Waals surface area contributed by atoms with Crippen LogP contribution in [0.2, 0.25) is 0 Å². The van der Waals surface area contributed by atoms with Gasteiger partial charge in [-0.15, -0.1) is 0 Å². The first-order chi connectivity index (χ1) is 4.31. The minimum atomic E-state index is -0.725. The Kier molecular flexibility index (Phi) is 5.86. The van der Waals surface area contributed by atoms with Crippen molar-refractivity contribution in [1.29, 1.82) is 0 Å². The van der Waals surface area contributed by atoms with Crippen LogP contribution in [0.15, 0.2) is 0 Å². The fourth-order valence-electron chi connectivity index (χ4n) is 0.322. The first-order valence-electron chi connectivity index (χ1n) is 2.94. The average Bonchev–Trinajstić information content (AvgIpc) is 1.89. The van der Waals surface area contributed by atoms with Crippen molar-refractivity contribution in [3.63, 3.8) is 0 Å². The van der Waals surface area contributed by atoms with Crippen molar-refractivity contribution in [3.8, 4) is 0 Å². The highest BCUT2D eigenvalue weighted by molar-refractivity contribution is 4.50. The molecule has 0 saturated carbocycles. The minimum Gasteiger partial charge on any atom is -0.394 e. The standard InChI is InChI=1S/C5H13NO3/c1-2-9-6-3-5(8)4-7/h5-8H,2-4H2,1H3/t5-/m0/s1. The maximum atomic E-state index is 8.69. The summed E-state index contributed by atoms with van der Waals surface area (Å²) in [5.74, 6) is 0. The molecule has 0 amide bonds. The van der Waals surface area contributed by atoms with Gasteiger partial charge in [0.25, 0.3) is 0 Å². The fourth-order valence-corrected chi connectivity index (χ4v) is 0.322. The number of aliphatic hydroxyl groups is 2. The lowest BCUT2D eigenvalue weighted by atomic mass is 10.4. The highest BCUT2D eigenvalue weighted by atomic mass is 16.6. The first-order valence-corrected chi connectivity index (χ1v) is 2.94. The molecule has 0 aromatic carbocycles.